The molecule has 2 aromatic heterocycles. The predicted molar refractivity (Wildman–Crippen MR) is 146 cm³/mol. The number of carbonyl (C=O) groups is 2. The summed E-state index contributed by atoms with van der Waals surface area (Å²) >= 11 is 1.50. The maximum Gasteiger partial charge on any atom is 0.341 e. The van der Waals surface area contributed by atoms with Crippen LogP contribution in [0.1, 0.15) is 63.9 Å². The van der Waals surface area contributed by atoms with Crippen LogP contribution in [-0.2, 0) is 17.6 Å². The highest BCUT2D eigenvalue weighted by molar-refractivity contribution is 7.17. The number of rotatable bonds is 5. The Morgan fingerprint density at radius 1 is 1.11 bits per heavy atom. The van der Waals surface area contributed by atoms with E-state index in [4.69, 9.17) is 9.72 Å². The first-order valence-electron chi connectivity index (χ1n) is 12.4. The lowest BCUT2D eigenvalue weighted by atomic mass is 9.88. The van der Waals surface area contributed by atoms with Crippen LogP contribution in [0.4, 0.5) is 5.00 Å². The molecule has 0 radical (unpaired) electrons. The third kappa shape index (κ3) is 4.65. The number of para-hydroxylation sites is 1. The van der Waals surface area contributed by atoms with Crippen LogP contribution in [0.2, 0.25) is 0 Å². The average molecular weight is 499 g/mol. The molecular formula is C30H30N2O3S. The topological polar surface area (TPSA) is 68.3 Å². The van der Waals surface area contributed by atoms with Gasteiger partial charge >= 0.3 is 5.97 Å². The van der Waals surface area contributed by atoms with Gasteiger partial charge in [0.1, 0.15) is 5.00 Å². The van der Waals surface area contributed by atoms with E-state index in [-0.39, 0.29) is 18.0 Å². The highest BCUT2D eigenvalue weighted by atomic mass is 32.1. The van der Waals surface area contributed by atoms with Crippen LogP contribution in [-0.4, -0.2) is 23.0 Å². The number of nitrogens with zero attached hydrogens (tertiary/aromatic N) is 1. The fourth-order valence-electron chi connectivity index (χ4n) is 4.86. The molecule has 0 fully saturated rings. The van der Waals surface area contributed by atoms with Gasteiger partial charge in [0, 0.05) is 15.8 Å². The summed E-state index contributed by atoms with van der Waals surface area (Å²) < 4.78 is 5.58. The second kappa shape index (κ2) is 9.86. The normalized spacial score (nSPS) is 15.1. The SMILES string of the molecule is Cc1ccccc1-c1cc(C(=O)Nc2sc3c(c2C(=O)OC(C)C)CCC(C)C3)c2ccccc2n1. The molecule has 0 bridgehead atoms. The minimum atomic E-state index is -0.368. The van der Waals surface area contributed by atoms with E-state index in [0.29, 0.717) is 22.0 Å². The summed E-state index contributed by atoms with van der Waals surface area (Å²) in [5.41, 5.74) is 5.64. The zero-order valence-electron chi connectivity index (χ0n) is 21.1. The first-order valence-corrected chi connectivity index (χ1v) is 13.3. The van der Waals surface area contributed by atoms with Gasteiger partial charge in [-0.3, -0.25) is 4.79 Å². The van der Waals surface area contributed by atoms with Gasteiger partial charge in [0.2, 0.25) is 0 Å². The Kier molecular flexibility index (Phi) is 6.63. The van der Waals surface area contributed by atoms with Crippen molar-refractivity contribution in [1.29, 1.82) is 0 Å². The number of benzene rings is 2. The molecule has 0 aliphatic heterocycles. The Hall–Kier alpha value is -3.51. The molecule has 184 valence electrons. The Balaban J connectivity index is 1.59. The molecule has 1 aliphatic rings. The fraction of sp³-hybridized carbons (Fsp3) is 0.300. The molecule has 5 rings (SSSR count). The number of fused-ring (bicyclic) bond motifs is 2. The van der Waals surface area contributed by atoms with Gasteiger partial charge in [0.15, 0.2) is 0 Å². The molecule has 1 aliphatic carbocycles. The van der Waals surface area contributed by atoms with E-state index in [1.54, 1.807) is 0 Å². The highest BCUT2D eigenvalue weighted by Crippen LogP contribution is 2.40. The second-order valence-corrected chi connectivity index (χ2v) is 11.0. The number of pyridine rings is 1. The number of anilines is 1. The van der Waals surface area contributed by atoms with Crippen LogP contribution in [0.25, 0.3) is 22.2 Å². The molecule has 5 nitrogen and oxygen atoms in total. The van der Waals surface area contributed by atoms with Crippen molar-refractivity contribution in [2.45, 2.75) is 53.1 Å². The zero-order chi connectivity index (χ0) is 25.4. The van der Waals surface area contributed by atoms with E-state index < -0.39 is 0 Å². The molecule has 1 unspecified atom stereocenters. The van der Waals surface area contributed by atoms with Crippen molar-refractivity contribution in [1.82, 2.24) is 4.98 Å². The third-order valence-corrected chi connectivity index (χ3v) is 7.84. The van der Waals surface area contributed by atoms with Crippen molar-refractivity contribution in [3.05, 3.63) is 81.7 Å². The fourth-order valence-corrected chi connectivity index (χ4v) is 6.25. The molecule has 36 heavy (non-hydrogen) atoms. The van der Waals surface area contributed by atoms with Gasteiger partial charge in [-0.2, -0.15) is 0 Å². The average Bonchev–Trinajstić information content (AvgIpc) is 3.20. The van der Waals surface area contributed by atoms with Crippen LogP contribution in [0.3, 0.4) is 0 Å². The summed E-state index contributed by atoms with van der Waals surface area (Å²) in [7, 11) is 0. The standard InChI is InChI=1S/C30H30N2O3S/c1-17(2)35-30(34)27-22-14-13-18(3)15-26(22)36-29(27)32-28(33)23-16-25(20-10-6-5-9-19(20)4)31-24-12-8-7-11-21(23)24/h5-12,16-18H,13-15H2,1-4H3,(H,32,33). The number of hydrogen-bond acceptors (Lipinski definition) is 5. The van der Waals surface area contributed by atoms with Gasteiger partial charge in [-0.15, -0.1) is 11.3 Å². The van der Waals surface area contributed by atoms with E-state index in [1.807, 2.05) is 75.4 Å². The second-order valence-electron chi connectivity index (χ2n) is 9.85. The van der Waals surface area contributed by atoms with Gasteiger partial charge in [-0.25, -0.2) is 9.78 Å². The smallest absolute Gasteiger partial charge is 0.341 e. The number of ether oxygens (including phenoxy) is 1. The predicted octanol–water partition coefficient (Wildman–Crippen LogP) is 7.21. The lowest BCUT2D eigenvalue weighted by Crippen LogP contribution is -2.19. The number of aromatic nitrogens is 1. The minimum absolute atomic E-state index is 0.236. The maximum atomic E-state index is 13.8. The number of hydrogen-bond donors (Lipinski definition) is 1. The van der Waals surface area contributed by atoms with E-state index in [9.17, 15) is 9.59 Å². The van der Waals surface area contributed by atoms with Crippen molar-refractivity contribution >= 4 is 39.1 Å². The number of thiophene rings is 1. The molecule has 1 N–H and O–H groups in total. The Morgan fingerprint density at radius 2 is 1.86 bits per heavy atom. The molecule has 2 heterocycles. The number of aryl methyl sites for hydroxylation is 1. The van der Waals surface area contributed by atoms with Gasteiger partial charge in [-0.1, -0.05) is 49.4 Å². The molecule has 0 saturated heterocycles. The third-order valence-electron chi connectivity index (χ3n) is 6.67. The first kappa shape index (κ1) is 24.2. The summed E-state index contributed by atoms with van der Waals surface area (Å²) in [6.07, 6.45) is 2.52. The first-order chi connectivity index (χ1) is 17.3. The van der Waals surface area contributed by atoms with Gasteiger partial charge < -0.3 is 10.1 Å². The van der Waals surface area contributed by atoms with Crippen LogP contribution in [0.5, 0.6) is 0 Å². The number of carbonyl (C=O) groups excluding carboxylic acids is 2. The lowest BCUT2D eigenvalue weighted by molar-refractivity contribution is 0.0378. The van der Waals surface area contributed by atoms with Crippen molar-refractivity contribution in [3.8, 4) is 11.3 Å². The zero-order valence-corrected chi connectivity index (χ0v) is 21.9. The van der Waals surface area contributed by atoms with E-state index in [2.05, 4.69) is 12.2 Å². The quantitative estimate of drug-likeness (QED) is 0.295. The van der Waals surface area contributed by atoms with Crippen LogP contribution >= 0.6 is 11.3 Å². The molecule has 0 spiro atoms. The molecule has 2 aromatic carbocycles. The molecule has 0 saturated carbocycles. The van der Waals surface area contributed by atoms with Crippen molar-refractivity contribution in [2.75, 3.05) is 5.32 Å². The molecule has 6 heteroatoms. The molecular weight excluding hydrogens is 468 g/mol. The number of amides is 1. The van der Waals surface area contributed by atoms with Crippen molar-refractivity contribution < 1.29 is 14.3 Å². The monoisotopic (exact) mass is 498 g/mol. The maximum absolute atomic E-state index is 13.8. The summed E-state index contributed by atoms with van der Waals surface area (Å²) in [5.74, 6) is -0.0734. The van der Waals surface area contributed by atoms with Gasteiger partial charge in [0.25, 0.3) is 5.91 Å². The summed E-state index contributed by atoms with van der Waals surface area (Å²) in [4.78, 5) is 32.9. The number of nitrogens with one attached hydrogen (secondary N) is 1. The van der Waals surface area contributed by atoms with Gasteiger partial charge in [-0.05, 0) is 69.2 Å². The van der Waals surface area contributed by atoms with Crippen molar-refractivity contribution in [3.63, 3.8) is 0 Å². The molecule has 4 aromatic rings. The summed E-state index contributed by atoms with van der Waals surface area (Å²) in [5, 5.41) is 4.43. The van der Waals surface area contributed by atoms with Gasteiger partial charge in [0.05, 0.1) is 28.4 Å². The van der Waals surface area contributed by atoms with E-state index in [0.717, 1.165) is 52.5 Å². The molecule has 1 atom stereocenters. The van der Waals surface area contributed by atoms with Crippen LogP contribution < -0.4 is 5.32 Å². The van der Waals surface area contributed by atoms with Crippen LogP contribution in [0, 0.1) is 12.8 Å². The minimum Gasteiger partial charge on any atom is -0.459 e. The highest BCUT2D eigenvalue weighted by Gasteiger charge is 2.30. The number of esters is 1. The Labute approximate surface area is 215 Å². The molecule has 1 amide bonds. The largest absolute Gasteiger partial charge is 0.459 e. The van der Waals surface area contributed by atoms with Crippen molar-refractivity contribution in [2.24, 2.45) is 5.92 Å². The lowest BCUT2D eigenvalue weighted by Gasteiger charge is -2.19. The summed E-state index contributed by atoms with van der Waals surface area (Å²) in [6, 6.07) is 17.5. The van der Waals surface area contributed by atoms with Crippen LogP contribution in [0.15, 0.2) is 54.6 Å². The van der Waals surface area contributed by atoms with E-state index in [1.165, 1.54) is 16.2 Å². The summed E-state index contributed by atoms with van der Waals surface area (Å²) in [6.45, 7) is 7.94. The Bertz CT molecular complexity index is 1470. The Morgan fingerprint density at radius 3 is 2.64 bits per heavy atom. The van der Waals surface area contributed by atoms with E-state index >= 15 is 0 Å².